The zero-order chi connectivity index (χ0) is 23.1. The Morgan fingerprint density at radius 1 is 0.788 bits per heavy atom. The van der Waals surface area contributed by atoms with Gasteiger partial charge in [-0.2, -0.15) is 0 Å². The molecule has 0 aliphatic carbocycles. The van der Waals surface area contributed by atoms with Crippen molar-refractivity contribution in [2.75, 3.05) is 0 Å². The van der Waals surface area contributed by atoms with Crippen LogP contribution in [0.15, 0.2) is 91.0 Å². The van der Waals surface area contributed by atoms with E-state index < -0.39 is 17.4 Å². The fourth-order valence-electron chi connectivity index (χ4n) is 4.13. The van der Waals surface area contributed by atoms with Crippen molar-refractivity contribution in [2.24, 2.45) is 5.41 Å². The second kappa shape index (κ2) is 10.2. The lowest BCUT2D eigenvalue weighted by atomic mass is 9.77. The van der Waals surface area contributed by atoms with Gasteiger partial charge >= 0.3 is 11.9 Å². The number of aromatic amines is 1. The molecule has 0 spiro atoms. The highest BCUT2D eigenvalue weighted by Gasteiger charge is 2.47. The van der Waals surface area contributed by atoms with Gasteiger partial charge in [-0.05, 0) is 54.3 Å². The number of carboxylic acids is 1. The summed E-state index contributed by atoms with van der Waals surface area (Å²) in [4.78, 5) is 29.1. The maximum absolute atomic E-state index is 13.3. The fraction of sp³-hybridized carbons (Fsp3) is 0.214. The van der Waals surface area contributed by atoms with Gasteiger partial charge in [0.25, 0.3) is 0 Å². The summed E-state index contributed by atoms with van der Waals surface area (Å²) in [6.45, 7) is -0.000776. The van der Waals surface area contributed by atoms with Crippen LogP contribution in [0.2, 0.25) is 0 Å². The molecule has 0 saturated heterocycles. The molecule has 1 heterocycles. The highest BCUT2D eigenvalue weighted by molar-refractivity contribution is 5.99. The van der Waals surface area contributed by atoms with E-state index in [0.717, 1.165) is 27.7 Å². The Morgan fingerprint density at radius 2 is 1.33 bits per heavy atom. The van der Waals surface area contributed by atoms with E-state index in [-0.39, 0.29) is 19.4 Å². The number of esters is 1. The molecule has 0 atom stereocenters. The van der Waals surface area contributed by atoms with Gasteiger partial charge in [-0.15, -0.1) is 0 Å². The number of carbonyl (C=O) groups is 2. The summed E-state index contributed by atoms with van der Waals surface area (Å²) in [5.74, 6) is -1.84. The van der Waals surface area contributed by atoms with Gasteiger partial charge in [0.15, 0.2) is 5.41 Å². The van der Waals surface area contributed by atoms with Crippen LogP contribution >= 0.6 is 0 Å². The molecule has 4 rings (SSSR count). The Bertz CT molecular complexity index is 1140. The maximum Gasteiger partial charge on any atom is 0.323 e. The van der Waals surface area contributed by atoms with E-state index in [1.54, 1.807) is 0 Å². The molecule has 0 fully saturated rings. The van der Waals surface area contributed by atoms with Crippen LogP contribution in [-0.2, 0) is 33.8 Å². The second-order valence-electron chi connectivity index (χ2n) is 8.32. The van der Waals surface area contributed by atoms with Crippen LogP contribution < -0.4 is 0 Å². The number of H-pyrrole nitrogens is 1. The molecule has 0 aliphatic heterocycles. The molecule has 33 heavy (non-hydrogen) atoms. The molecule has 0 amide bonds. The van der Waals surface area contributed by atoms with Gasteiger partial charge in [0.05, 0.1) is 5.69 Å². The lowest BCUT2D eigenvalue weighted by Crippen LogP contribution is -2.41. The number of aliphatic carboxylic acids is 1. The molecule has 0 bridgehead atoms. The number of carbonyl (C=O) groups excluding carboxylic acids is 1. The number of carboxylic acid groups (broad SMARTS) is 1. The van der Waals surface area contributed by atoms with Crippen LogP contribution in [-0.4, -0.2) is 22.0 Å². The van der Waals surface area contributed by atoms with Crippen molar-refractivity contribution in [1.29, 1.82) is 0 Å². The topological polar surface area (TPSA) is 79.4 Å². The first-order valence-corrected chi connectivity index (χ1v) is 11.1. The SMILES string of the molecule is O=C(O)C(CCc1ccccc1)(CCc1ccccc1)C(=O)OCc1cc2ccccc2[nH]1. The smallest absolute Gasteiger partial charge is 0.323 e. The van der Waals surface area contributed by atoms with Gasteiger partial charge in [0, 0.05) is 5.52 Å². The van der Waals surface area contributed by atoms with E-state index in [1.807, 2.05) is 91.0 Å². The minimum Gasteiger partial charge on any atom is -0.480 e. The quantitative estimate of drug-likeness (QED) is 0.250. The van der Waals surface area contributed by atoms with E-state index >= 15 is 0 Å². The Balaban J connectivity index is 1.54. The molecule has 0 saturated carbocycles. The Morgan fingerprint density at radius 3 is 1.88 bits per heavy atom. The van der Waals surface area contributed by atoms with Gasteiger partial charge in [-0.3, -0.25) is 9.59 Å². The number of para-hydroxylation sites is 1. The second-order valence-corrected chi connectivity index (χ2v) is 8.32. The van der Waals surface area contributed by atoms with Crippen molar-refractivity contribution in [3.8, 4) is 0 Å². The van der Waals surface area contributed by atoms with Crippen LogP contribution in [0.3, 0.4) is 0 Å². The first kappa shape index (κ1) is 22.3. The van der Waals surface area contributed by atoms with Crippen LogP contribution in [0.25, 0.3) is 10.9 Å². The van der Waals surface area contributed by atoms with Crippen molar-refractivity contribution in [3.63, 3.8) is 0 Å². The fourth-order valence-corrected chi connectivity index (χ4v) is 4.13. The van der Waals surface area contributed by atoms with Crippen molar-refractivity contribution >= 4 is 22.8 Å². The zero-order valence-corrected chi connectivity index (χ0v) is 18.4. The number of nitrogens with one attached hydrogen (secondary N) is 1. The highest BCUT2D eigenvalue weighted by Crippen LogP contribution is 2.33. The van der Waals surface area contributed by atoms with E-state index in [4.69, 9.17) is 4.74 Å². The number of ether oxygens (including phenoxy) is 1. The van der Waals surface area contributed by atoms with Gasteiger partial charge < -0.3 is 14.8 Å². The molecule has 1 aromatic heterocycles. The number of aryl methyl sites for hydroxylation is 2. The lowest BCUT2D eigenvalue weighted by Gasteiger charge is -2.27. The van der Waals surface area contributed by atoms with Crippen LogP contribution in [0, 0.1) is 5.41 Å². The van der Waals surface area contributed by atoms with Crippen molar-refractivity contribution in [1.82, 2.24) is 4.98 Å². The largest absolute Gasteiger partial charge is 0.480 e. The van der Waals surface area contributed by atoms with E-state index in [0.29, 0.717) is 12.8 Å². The molecule has 0 radical (unpaired) electrons. The highest BCUT2D eigenvalue weighted by atomic mass is 16.5. The third kappa shape index (κ3) is 5.32. The van der Waals surface area contributed by atoms with E-state index in [2.05, 4.69) is 4.98 Å². The third-order valence-electron chi connectivity index (χ3n) is 6.11. The number of benzene rings is 3. The summed E-state index contributed by atoms with van der Waals surface area (Å²) >= 11 is 0. The first-order chi connectivity index (χ1) is 16.1. The van der Waals surface area contributed by atoms with Crippen molar-refractivity contribution < 1.29 is 19.4 Å². The van der Waals surface area contributed by atoms with Gasteiger partial charge in [-0.25, -0.2) is 0 Å². The minimum atomic E-state index is -1.63. The summed E-state index contributed by atoms with van der Waals surface area (Å²) in [5.41, 5.74) is 2.03. The number of hydrogen-bond acceptors (Lipinski definition) is 3. The summed E-state index contributed by atoms with van der Waals surface area (Å²) in [7, 11) is 0. The molecule has 5 heteroatoms. The number of fused-ring (bicyclic) bond motifs is 1. The summed E-state index contributed by atoms with van der Waals surface area (Å²) in [6, 6.07) is 29.0. The Hall–Kier alpha value is -3.86. The number of rotatable bonds is 10. The van der Waals surface area contributed by atoms with Gasteiger partial charge in [0.1, 0.15) is 6.61 Å². The average Bonchev–Trinajstić information content (AvgIpc) is 3.27. The van der Waals surface area contributed by atoms with Crippen molar-refractivity contribution in [3.05, 3.63) is 108 Å². The molecule has 3 aromatic carbocycles. The molecule has 2 N–H and O–H groups in total. The molecule has 0 unspecified atom stereocenters. The van der Waals surface area contributed by atoms with Crippen LogP contribution in [0.4, 0.5) is 0 Å². The summed E-state index contributed by atoms with van der Waals surface area (Å²) in [5, 5.41) is 11.3. The third-order valence-corrected chi connectivity index (χ3v) is 6.11. The average molecular weight is 442 g/mol. The molecule has 0 aliphatic rings. The minimum absolute atomic E-state index is 0.000776. The molecule has 4 aromatic rings. The predicted molar refractivity (Wildman–Crippen MR) is 128 cm³/mol. The summed E-state index contributed by atoms with van der Waals surface area (Å²) < 4.78 is 5.61. The van der Waals surface area contributed by atoms with Gasteiger partial charge in [0.2, 0.25) is 0 Å². The van der Waals surface area contributed by atoms with Crippen LogP contribution in [0.5, 0.6) is 0 Å². The zero-order valence-electron chi connectivity index (χ0n) is 18.4. The standard InChI is InChI=1S/C28H27NO4/c30-26(31)28(17-15-21-9-3-1-4-10-21,18-16-22-11-5-2-6-12-22)27(32)33-20-24-19-23-13-7-8-14-25(23)29-24/h1-14,19,29H,15-18,20H2,(H,30,31). The van der Waals surface area contributed by atoms with E-state index in [1.165, 1.54) is 0 Å². The van der Waals surface area contributed by atoms with Crippen LogP contribution in [0.1, 0.15) is 29.7 Å². The van der Waals surface area contributed by atoms with E-state index in [9.17, 15) is 14.7 Å². The monoisotopic (exact) mass is 441 g/mol. The number of hydrogen-bond donors (Lipinski definition) is 2. The molecule has 168 valence electrons. The predicted octanol–water partition coefficient (Wildman–Crippen LogP) is 5.55. The van der Waals surface area contributed by atoms with Crippen molar-refractivity contribution in [2.45, 2.75) is 32.3 Å². The molecular weight excluding hydrogens is 414 g/mol. The summed E-state index contributed by atoms with van der Waals surface area (Å²) in [6.07, 6.45) is 1.29. The first-order valence-electron chi connectivity index (χ1n) is 11.1. The van der Waals surface area contributed by atoms with Gasteiger partial charge in [-0.1, -0.05) is 78.9 Å². The number of aromatic nitrogens is 1. The normalized spacial score (nSPS) is 11.4. The lowest BCUT2D eigenvalue weighted by molar-refractivity contribution is -0.171. The molecular formula is C28H27NO4. The maximum atomic E-state index is 13.3. The Kier molecular flexibility index (Phi) is 6.89. The Labute approximate surface area is 193 Å². The molecule has 5 nitrogen and oxygen atoms in total.